The van der Waals surface area contributed by atoms with E-state index in [9.17, 15) is 14.0 Å². The van der Waals surface area contributed by atoms with Crippen LogP contribution in [-0.4, -0.2) is 32.1 Å². The fraction of sp³-hybridized carbons (Fsp3) is 0.222. The minimum absolute atomic E-state index is 0.178. The maximum absolute atomic E-state index is 12.9. The van der Waals surface area contributed by atoms with Crippen molar-refractivity contribution in [3.05, 3.63) is 59.4 Å². The number of methoxy groups -OCH3 is 2. The summed E-state index contributed by atoms with van der Waals surface area (Å²) in [6, 6.07) is 9.66. The smallest absolute Gasteiger partial charge is 0.342 e. The minimum atomic E-state index is -1.02. The van der Waals surface area contributed by atoms with Gasteiger partial charge in [0.25, 0.3) is 0 Å². The zero-order chi connectivity index (χ0) is 17.7. The van der Waals surface area contributed by atoms with Crippen molar-refractivity contribution in [3.63, 3.8) is 0 Å². The van der Waals surface area contributed by atoms with Crippen LogP contribution in [0.2, 0.25) is 0 Å². The van der Waals surface area contributed by atoms with E-state index < -0.39 is 23.7 Å². The van der Waals surface area contributed by atoms with Gasteiger partial charge in [0, 0.05) is 11.6 Å². The molecule has 0 aliphatic heterocycles. The molecule has 2 aromatic rings. The summed E-state index contributed by atoms with van der Waals surface area (Å²) >= 11 is 0. The lowest BCUT2D eigenvalue weighted by atomic mass is 10.1. The Balaban J connectivity index is 2.14. The molecule has 0 aliphatic carbocycles. The highest BCUT2D eigenvalue weighted by molar-refractivity contribution is 6.01. The number of Topliss-reactive ketones (excluding diaryl/α,β-unsaturated/α-hetero) is 1. The topological polar surface area (TPSA) is 61.8 Å². The van der Waals surface area contributed by atoms with E-state index >= 15 is 0 Å². The molecule has 0 saturated heterocycles. The number of carbonyl (C=O) groups is 2. The molecule has 0 fully saturated rings. The van der Waals surface area contributed by atoms with Crippen LogP contribution < -0.4 is 9.47 Å². The van der Waals surface area contributed by atoms with Gasteiger partial charge in [-0.25, -0.2) is 9.18 Å². The summed E-state index contributed by atoms with van der Waals surface area (Å²) in [5.74, 6) is -0.757. The highest BCUT2D eigenvalue weighted by Crippen LogP contribution is 2.25. The van der Waals surface area contributed by atoms with Crippen LogP contribution in [0.1, 0.15) is 27.6 Å². The second-order valence-electron chi connectivity index (χ2n) is 4.98. The first-order chi connectivity index (χ1) is 11.5. The standard InChI is InChI=1S/C18H17FO5/c1-11(17(20)12-4-6-13(19)7-5-12)24-18(21)15-9-8-14(22-2)10-16(15)23-3/h4-11H,1-3H3/t11-/m1/s1. The fourth-order valence-corrected chi connectivity index (χ4v) is 2.09. The number of benzene rings is 2. The van der Waals surface area contributed by atoms with Crippen LogP contribution in [0.25, 0.3) is 0 Å². The summed E-state index contributed by atoms with van der Waals surface area (Å²) in [4.78, 5) is 24.5. The van der Waals surface area contributed by atoms with Gasteiger partial charge in [0.2, 0.25) is 5.78 Å². The molecule has 0 bridgehead atoms. The van der Waals surface area contributed by atoms with Crippen molar-refractivity contribution in [2.75, 3.05) is 14.2 Å². The fourth-order valence-electron chi connectivity index (χ4n) is 2.09. The lowest BCUT2D eigenvalue weighted by Gasteiger charge is -2.14. The number of carbonyl (C=O) groups excluding carboxylic acids is 2. The van der Waals surface area contributed by atoms with Gasteiger partial charge in [0.15, 0.2) is 6.10 Å². The Kier molecular flexibility index (Phi) is 5.52. The molecule has 1 atom stereocenters. The number of halogens is 1. The van der Waals surface area contributed by atoms with E-state index in [0.717, 1.165) is 0 Å². The molecule has 6 heteroatoms. The molecule has 0 amide bonds. The van der Waals surface area contributed by atoms with Crippen LogP contribution in [0, 0.1) is 5.82 Å². The summed E-state index contributed by atoms with van der Waals surface area (Å²) in [6.45, 7) is 1.46. The van der Waals surface area contributed by atoms with E-state index in [4.69, 9.17) is 14.2 Å². The van der Waals surface area contributed by atoms with Gasteiger partial charge < -0.3 is 14.2 Å². The third-order valence-electron chi connectivity index (χ3n) is 3.41. The molecule has 0 radical (unpaired) electrons. The van der Waals surface area contributed by atoms with E-state index in [1.165, 1.54) is 51.5 Å². The maximum atomic E-state index is 12.9. The predicted molar refractivity (Wildman–Crippen MR) is 85.2 cm³/mol. The van der Waals surface area contributed by atoms with Crippen molar-refractivity contribution < 1.29 is 28.2 Å². The van der Waals surface area contributed by atoms with Gasteiger partial charge in [-0.3, -0.25) is 4.79 Å². The van der Waals surface area contributed by atoms with Crippen LogP contribution in [0.4, 0.5) is 4.39 Å². The van der Waals surface area contributed by atoms with Crippen molar-refractivity contribution in [2.24, 2.45) is 0 Å². The Labute approximate surface area is 139 Å². The molecule has 0 N–H and O–H groups in total. The quantitative estimate of drug-likeness (QED) is 0.600. The Hall–Kier alpha value is -2.89. The average Bonchev–Trinajstić information content (AvgIpc) is 2.60. The minimum Gasteiger partial charge on any atom is -0.497 e. The second kappa shape index (κ2) is 7.59. The number of rotatable bonds is 6. The number of ketones is 1. The molecule has 0 saturated carbocycles. The first kappa shape index (κ1) is 17.5. The molecule has 2 aromatic carbocycles. The van der Waals surface area contributed by atoms with Crippen LogP contribution in [0.15, 0.2) is 42.5 Å². The molecule has 0 unspecified atom stereocenters. The highest BCUT2D eigenvalue weighted by Gasteiger charge is 2.22. The molecule has 126 valence electrons. The molecular weight excluding hydrogens is 315 g/mol. The molecular formula is C18H17FO5. The van der Waals surface area contributed by atoms with Crippen molar-refractivity contribution in [1.29, 1.82) is 0 Å². The first-order valence-electron chi connectivity index (χ1n) is 7.19. The van der Waals surface area contributed by atoms with E-state index in [2.05, 4.69) is 0 Å². The highest BCUT2D eigenvalue weighted by atomic mass is 19.1. The molecule has 0 heterocycles. The Morgan fingerprint density at radius 1 is 1.00 bits per heavy atom. The third-order valence-corrected chi connectivity index (χ3v) is 3.41. The molecule has 2 rings (SSSR count). The molecule has 0 aliphatic rings. The van der Waals surface area contributed by atoms with Gasteiger partial charge in [-0.15, -0.1) is 0 Å². The largest absolute Gasteiger partial charge is 0.497 e. The van der Waals surface area contributed by atoms with Gasteiger partial charge in [-0.1, -0.05) is 0 Å². The van der Waals surface area contributed by atoms with Gasteiger partial charge in [0.1, 0.15) is 22.9 Å². The predicted octanol–water partition coefficient (Wildman–Crippen LogP) is 3.27. The maximum Gasteiger partial charge on any atom is 0.342 e. The third kappa shape index (κ3) is 3.90. The van der Waals surface area contributed by atoms with Gasteiger partial charge in [0.05, 0.1) is 14.2 Å². The van der Waals surface area contributed by atoms with Crippen LogP contribution in [-0.2, 0) is 4.74 Å². The number of esters is 1. The summed E-state index contributed by atoms with van der Waals surface area (Å²) < 4.78 is 28.3. The van der Waals surface area contributed by atoms with E-state index in [0.29, 0.717) is 5.75 Å². The van der Waals surface area contributed by atoms with Crippen molar-refractivity contribution >= 4 is 11.8 Å². The lowest BCUT2D eigenvalue weighted by Crippen LogP contribution is -2.24. The van der Waals surface area contributed by atoms with Crippen molar-refractivity contribution in [1.82, 2.24) is 0 Å². The van der Waals surface area contributed by atoms with Gasteiger partial charge in [-0.05, 0) is 43.3 Å². The van der Waals surface area contributed by atoms with Crippen LogP contribution in [0.5, 0.6) is 11.5 Å². The molecule has 0 aromatic heterocycles. The number of hydrogen-bond acceptors (Lipinski definition) is 5. The zero-order valence-electron chi connectivity index (χ0n) is 13.5. The Bertz CT molecular complexity index is 740. The summed E-state index contributed by atoms with van der Waals surface area (Å²) in [5, 5.41) is 0. The van der Waals surface area contributed by atoms with Gasteiger partial charge in [-0.2, -0.15) is 0 Å². The lowest BCUT2D eigenvalue weighted by molar-refractivity contribution is 0.0316. The number of ether oxygens (including phenoxy) is 3. The monoisotopic (exact) mass is 332 g/mol. The van der Waals surface area contributed by atoms with Gasteiger partial charge >= 0.3 is 5.97 Å². The number of hydrogen-bond donors (Lipinski definition) is 0. The van der Waals surface area contributed by atoms with E-state index in [1.54, 1.807) is 12.1 Å². The summed E-state index contributed by atoms with van der Waals surface area (Å²) in [7, 11) is 2.91. The van der Waals surface area contributed by atoms with E-state index in [1.807, 2.05) is 0 Å². The van der Waals surface area contributed by atoms with Crippen LogP contribution in [0.3, 0.4) is 0 Å². The summed E-state index contributed by atoms with van der Waals surface area (Å²) in [5.41, 5.74) is 0.440. The zero-order valence-corrected chi connectivity index (χ0v) is 13.5. The average molecular weight is 332 g/mol. The molecule has 0 spiro atoms. The normalized spacial score (nSPS) is 11.5. The Morgan fingerprint density at radius 3 is 2.25 bits per heavy atom. The summed E-state index contributed by atoms with van der Waals surface area (Å²) in [6.07, 6.45) is -1.02. The molecule has 5 nitrogen and oxygen atoms in total. The van der Waals surface area contributed by atoms with Crippen molar-refractivity contribution in [3.8, 4) is 11.5 Å². The second-order valence-corrected chi connectivity index (χ2v) is 4.98. The molecule has 24 heavy (non-hydrogen) atoms. The SMILES string of the molecule is COc1ccc(C(=O)O[C@H](C)C(=O)c2ccc(F)cc2)c(OC)c1. The Morgan fingerprint density at radius 2 is 1.67 bits per heavy atom. The first-order valence-corrected chi connectivity index (χ1v) is 7.19. The van der Waals surface area contributed by atoms with Crippen LogP contribution >= 0.6 is 0 Å². The van der Waals surface area contributed by atoms with E-state index in [-0.39, 0.29) is 16.9 Å². The van der Waals surface area contributed by atoms with Crippen molar-refractivity contribution in [2.45, 2.75) is 13.0 Å².